The maximum absolute atomic E-state index is 9.67. The molecule has 1 aromatic rings. The molecule has 0 amide bonds. The van der Waals surface area contributed by atoms with Crippen molar-refractivity contribution in [3.05, 3.63) is 29.8 Å². The molecule has 0 heterocycles. The Morgan fingerprint density at radius 2 is 2.05 bits per heavy atom. The molecule has 0 aliphatic rings. The highest BCUT2D eigenvalue weighted by Crippen LogP contribution is 2.17. The SMILES string of the molecule is COCCOCC(O)COc1cccc(C(C)N)c1. The fourth-order valence-corrected chi connectivity index (χ4v) is 1.49. The average molecular weight is 269 g/mol. The van der Waals surface area contributed by atoms with Crippen LogP contribution in [-0.4, -0.2) is 44.7 Å². The lowest BCUT2D eigenvalue weighted by Gasteiger charge is -2.14. The Morgan fingerprint density at radius 1 is 1.26 bits per heavy atom. The Morgan fingerprint density at radius 3 is 2.74 bits per heavy atom. The minimum absolute atomic E-state index is 0.0362. The van der Waals surface area contributed by atoms with Crippen molar-refractivity contribution in [3.8, 4) is 5.75 Å². The molecule has 0 bridgehead atoms. The molecule has 0 saturated carbocycles. The second kappa shape index (κ2) is 8.87. The Hall–Kier alpha value is -1.14. The standard InChI is InChI=1S/C14H23NO4/c1-11(15)12-4-3-5-14(8-12)19-10-13(16)9-18-7-6-17-2/h3-5,8,11,13,16H,6-7,9-10,15H2,1-2H3. The molecule has 0 fully saturated rings. The highest BCUT2D eigenvalue weighted by Gasteiger charge is 2.06. The van der Waals surface area contributed by atoms with E-state index in [2.05, 4.69) is 0 Å². The quantitative estimate of drug-likeness (QED) is 0.657. The molecule has 0 spiro atoms. The molecule has 0 saturated heterocycles. The van der Waals surface area contributed by atoms with Gasteiger partial charge in [-0.25, -0.2) is 0 Å². The molecule has 19 heavy (non-hydrogen) atoms. The number of aliphatic hydroxyl groups is 1. The first-order chi connectivity index (χ1) is 9.13. The second-order valence-electron chi connectivity index (χ2n) is 4.39. The summed E-state index contributed by atoms with van der Waals surface area (Å²) >= 11 is 0. The molecule has 3 N–H and O–H groups in total. The van der Waals surface area contributed by atoms with Gasteiger partial charge in [0.25, 0.3) is 0 Å². The van der Waals surface area contributed by atoms with Crippen molar-refractivity contribution in [1.29, 1.82) is 0 Å². The molecule has 5 heteroatoms. The molecule has 2 unspecified atom stereocenters. The number of aliphatic hydroxyl groups excluding tert-OH is 1. The van der Waals surface area contributed by atoms with Gasteiger partial charge in [-0.2, -0.15) is 0 Å². The van der Waals surface area contributed by atoms with Crippen molar-refractivity contribution in [1.82, 2.24) is 0 Å². The van der Waals surface area contributed by atoms with Gasteiger partial charge in [-0.05, 0) is 24.6 Å². The summed E-state index contributed by atoms with van der Waals surface area (Å²) < 4.78 is 15.5. The van der Waals surface area contributed by atoms with Gasteiger partial charge in [-0.15, -0.1) is 0 Å². The fourth-order valence-electron chi connectivity index (χ4n) is 1.49. The van der Waals surface area contributed by atoms with Gasteiger partial charge < -0.3 is 25.1 Å². The maximum atomic E-state index is 9.67. The second-order valence-corrected chi connectivity index (χ2v) is 4.39. The van der Waals surface area contributed by atoms with Gasteiger partial charge in [-0.3, -0.25) is 0 Å². The van der Waals surface area contributed by atoms with Crippen LogP contribution in [0.25, 0.3) is 0 Å². The van der Waals surface area contributed by atoms with E-state index < -0.39 is 6.10 Å². The predicted molar refractivity (Wildman–Crippen MR) is 73.2 cm³/mol. The third-order valence-electron chi connectivity index (χ3n) is 2.57. The number of nitrogens with two attached hydrogens (primary N) is 1. The predicted octanol–water partition coefficient (Wildman–Crippen LogP) is 1.11. The summed E-state index contributed by atoms with van der Waals surface area (Å²) in [6.07, 6.45) is -0.657. The van der Waals surface area contributed by atoms with Gasteiger partial charge in [-0.1, -0.05) is 12.1 Å². The van der Waals surface area contributed by atoms with Crippen LogP contribution < -0.4 is 10.5 Å². The van der Waals surface area contributed by atoms with Crippen LogP contribution in [0.1, 0.15) is 18.5 Å². The zero-order valence-corrected chi connectivity index (χ0v) is 11.5. The van der Waals surface area contributed by atoms with Crippen LogP contribution in [0, 0.1) is 0 Å². The number of ether oxygens (including phenoxy) is 3. The molecule has 5 nitrogen and oxygen atoms in total. The van der Waals surface area contributed by atoms with Crippen LogP contribution in [0.2, 0.25) is 0 Å². The Kier molecular flexibility index (Phi) is 7.43. The molecule has 0 aliphatic heterocycles. The van der Waals surface area contributed by atoms with Crippen LogP contribution in [0.4, 0.5) is 0 Å². The topological polar surface area (TPSA) is 73.9 Å². The van der Waals surface area contributed by atoms with E-state index in [4.69, 9.17) is 19.9 Å². The number of benzene rings is 1. The van der Waals surface area contributed by atoms with Gasteiger partial charge in [0.15, 0.2) is 0 Å². The van der Waals surface area contributed by atoms with Crippen LogP contribution in [0.15, 0.2) is 24.3 Å². The number of methoxy groups -OCH3 is 1. The van der Waals surface area contributed by atoms with Crippen LogP contribution in [0.5, 0.6) is 5.75 Å². The van der Waals surface area contributed by atoms with Crippen molar-refractivity contribution < 1.29 is 19.3 Å². The van der Waals surface area contributed by atoms with E-state index in [1.807, 2.05) is 31.2 Å². The van der Waals surface area contributed by atoms with Gasteiger partial charge in [0, 0.05) is 13.2 Å². The van der Waals surface area contributed by atoms with Crippen molar-refractivity contribution in [2.24, 2.45) is 5.73 Å². The summed E-state index contributed by atoms with van der Waals surface area (Å²) in [7, 11) is 1.61. The van der Waals surface area contributed by atoms with Crippen LogP contribution >= 0.6 is 0 Å². The molecular weight excluding hydrogens is 246 g/mol. The van der Waals surface area contributed by atoms with E-state index in [1.165, 1.54) is 0 Å². The van der Waals surface area contributed by atoms with Gasteiger partial charge in [0.05, 0.1) is 19.8 Å². The third-order valence-corrected chi connectivity index (χ3v) is 2.57. The summed E-state index contributed by atoms with van der Waals surface area (Å²) in [5, 5.41) is 9.67. The van der Waals surface area contributed by atoms with E-state index in [9.17, 15) is 5.11 Å². The summed E-state index contributed by atoms with van der Waals surface area (Å²) in [5.74, 6) is 0.700. The molecule has 2 atom stereocenters. The monoisotopic (exact) mass is 269 g/mol. The maximum Gasteiger partial charge on any atom is 0.119 e. The highest BCUT2D eigenvalue weighted by molar-refractivity contribution is 5.30. The van der Waals surface area contributed by atoms with E-state index >= 15 is 0 Å². The zero-order chi connectivity index (χ0) is 14.1. The lowest BCUT2D eigenvalue weighted by atomic mass is 10.1. The summed E-state index contributed by atoms with van der Waals surface area (Å²) in [4.78, 5) is 0. The largest absolute Gasteiger partial charge is 0.491 e. The van der Waals surface area contributed by atoms with Gasteiger partial charge in [0.1, 0.15) is 18.5 Å². The lowest BCUT2D eigenvalue weighted by Crippen LogP contribution is -2.24. The smallest absolute Gasteiger partial charge is 0.119 e. The normalized spacial score (nSPS) is 14.1. The molecule has 0 aromatic heterocycles. The van der Waals surface area contributed by atoms with E-state index in [-0.39, 0.29) is 19.3 Å². The van der Waals surface area contributed by atoms with Crippen molar-refractivity contribution >= 4 is 0 Å². The number of hydrogen-bond donors (Lipinski definition) is 2. The van der Waals surface area contributed by atoms with E-state index in [1.54, 1.807) is 7.11 Å². The average Bonchev–Trinajstić information content (AvgIpc) is 2.41. The Balaban J connectivity index is 2.29. The van der Waals surface area contributed by atoms with Gasteiger partial charge >= 0.3 is 0 Å². The van der Waals surface area contributed by atoms with Gasteiger partial charge in [0.2, 0.25) is 0 Å². The fraction of sp³-hybridized carbons (Fsp3) is 0.571. The minimum Gasteiger partial charge on any atom is -0.491 e. The summed E-state index contributed by atoms with van der Waals surface area (Å²) in [5.41, 5.74) is 6.80. The lowest BCUT2D eigenvalue weighted by molar-refractivity contribution is -0.00420. The van der Waals surface area contributed by atoms with Crippen molar-refractivity contribution in [3.63, 3.8) is 0 Å². The highest BCUT2D eigenvalue weighted by atomic mass is 16.5. The molecule has 108 valence electrons. The first-order valence-corrected chi connectivity index (χ1v) is 6.36. The van der Waals surface area contributed by atoms with E-state index in [0.717, 1.165) is 5.56 Å². The van der Waals surface area contributed by atoms with Crippen molar-refractivity contribution in [2.45, 2.75) is 19.1 Å². The first-order valence-electron chi connectivity index (χ1n) is 6.36. The minimum atomic E-state index is -0.657. The summed E-state index contributed by atoms with van der Waals surface area (Å²) in [6.45, 7) is 3.32. The first kappa shape index (κ1) is 15.9. The molecule has 0 radical (unpaired) electrons. The van der Waals surface area contributed by atoms with E-state index in [0.29, 0.717) is 19.0 Å². The Labute approximate surface area is 114 Å². The molecule has 0 aliphatic carbocycles. The molecule has 1 aromatic carbocycles. The van der Waals surface area contributed by atoms with Crippen LogP contribution in [0.3, 0.4) is 0 Å². The Bertz CT molecular complexity index is 357. The number of rotatable bonds is 9. The third kappa shape index (κ3) is 6.54. The van der Waals surface area contributed by atoms with Crippen molar-refractivity contribution in [2.75, 3.05) is 33.5 Å². The zero-order valence-electron chi connectivity index (χ0n) is 11.5. The van der Waals surface area contributed by atoms with Crippen LogP contribution in [-0.2, 0) is 9.47 Å². The number of hydrogen-bond acceptors (Lipinski definition) is 5. The molecule has 1 rings (SSSR count). The summed E-state index contributed by atoms with van der Waals surface area (Å²) in [6, 6.07) is 7.51. The molecular formula is C14H23NO4.